The summed E-state index contributed by atoms with van der Waals surface area (Å²) in [5.74, 6) is 0.184. The minimum absolute atomic E-state index is 0.184. The molecule has 0 saturated carbocycles. The Hall–Kier alpha value is -1.15. The standard InChI is InChI=1S/C15H23NO/c1-3-5-6-11-16-12-15(17)14-9-7-13(4-2)8-10-14/h7-10,16H,3-6,11-12H2,1-2H3. The Balaban J connectivity index is 2.31. The summed E-state index contributed by atoms with van der Waals surface area (Å²) in [7, 11) is 0. The normalized spacial score (nSPS) is 10.5. The van der Waals surface area contributed by atoms with Crippen LogP contribution in [0, 0.1) is 0 Å². The van der Waals surface area contributed by atoms with Gasteiger partial charge in [-0.2, -0.15) is 0 Å². The van der Waals surface area contributed by atoms with Crippen LogP contribution in [0.5, 0.6) is 0 Å². The van der Waals surface area contributed by atoms with E-state index in [2.05, 4.69) is 19.2 Å². The van der Waals surface area contributed by atoms with Gasteiger partial charge in [-0.05, 0) is 24.9 Å². The van der Waals surface area contributed by atoms with Crippen molar-refractivity contribution in [1.82, 2.24) is 5.32 Å². The molecule has 0 radical (unpaired) electrons. The fourth-order valence-corrected chi connectivity index (χ4v) is 1.73. The number of hydrogen-bond donors (Lipinski definition) is 1. The molecule has 0 amide bonds. The van der Waals surface area contributed by atoms with E-state index < -0.39 is 0 Å². The molecular formula is C15H23NO. The van der Waals surface area contributed by atoms with Gasteiger partial charge < -0.3 is 5.32 Å². The van der Waals surface area contributed by atoms with Gasteiger partial charge in [-0.3, -0.25) is 4.79 Å². The maximum atomic E-state index is 11.8. The molecule has 1 aromatic rings. The molecule has 1 rings (SSSR count). The molecule has 0 aliphatic heterocycles. The van der Waals surface area contributed by atoms with Crippen LogP contribution in [0.4, 0.5) is 0 Å². The predicted octanol–water partition coefficient (Wildman–Crippen LogP) is 3.21. The number of carbonyl (C=O) groups excluding carboxylic acids is 1. The van der Waals surface area contributed by atoms with Crippen LogP contribution in [0.1, 0.15) is 49.0 Å². The smallest absolute Gasteiger partial charge is 0.176 e. The summed E-state index contributed by atoms with van der Waals surface area (Å²) >= 11 is 0. The molecule has 0 saturated heterocycles. The molecular weight excluding hydrogens is 210 g/mol. The maximum Gasteiger partial charge on any atom is 0.176 e. The van der Waals surface area contributed by atoms with E-state index in [1.54, 1.807) is 0 Å². The van der Waals surface area contributed by atoms with Gasteiger partial charge in [0.1, 0.15) is 0 Å². The number of Topliss-reactive ketones (excluding diaryl/α,β-unsaturated/α-hetero) is 1. The van der Waals surface area contributed by atoms with Gasteiger partial charge in [-0.15, -0.1) is 0 Å². The summed E-state index contributed by atoms with van der Waals surface area (Å²) in [5, 5.41) is 3.20. The summed E-state index contributed by atoms with van der Waals surface area (Å²) in [4.78, 5) is 11.8. The van der Waals surface area contributed by atoms with Crippen molar-refractivity contribution in [3.63, 3.8) is 0 Å². The topological polar surface area (TPSA) is 29.1 Å². The average Bonchev–Trinajstić information content (AvgIpc) is 2.38. The minimum atomic E-state index is 0.184. The van der Waals surface area contributed by atoms with E-state index in [1.165, 1.54) is 18.4 Å². The second kappa shape index (κ2) is 8.02. The minimum Gasteiger partial charge on any atom is -0.310 e. The fraction of sp³-hybridized carbons (Fsp3) is 0.533. The van der Waals surface area contributed by atoms with Crippen LogP contribution >= 0.6 is 0 Å². The number of benzene rings is 1. The lowest BCUT2D eigenvalue weighted by Gasteiger charge is -2.04. The highest BCUT2D eigenvalue weighted by molar-refractivity contribution is 5.97. The van der Waals surface area contributed by atoms with E-state index in [9.17, 15) is 4.79 Å². The van der Waals surface area contributed by atoms with E-state index in [0.29, 0.717) is 6.54 Å². The van der Waals surface area contributed by atoms with Crippen molar-refractivity contribution in [3.05, 3.63) is 35.4 Å². The van der Waals surface area contributed by atoms with E-state index in [1.807, 2.05) is 24.3 Å². The second-order valence-electron chi connectivity index (χ2n) is 4.36. The van der Waals surface area contributed by atoms with E-state index in [4.69, 9.17) is 0 Å². The van der Waals surface area contributed by atoms with Crippen molar-refractivity contribution in [2.24, 2.45) is 0 Å². The zero-order chi connectivity index (χ0) is 12.5. The first-order valence-corrected chi connectivity index (χ1v) is 6.60. The molecule has 0 heterocycles. The highest BCUT2D eigenvalue weighted by Crippen LogP contribution is 2.05. The van der Waals surface area contributed by atoms with Crippen molar-refractivity contribution in [2.75, 3.05) is 13.1 Å². The number of aryl methyl sites for hydroxylation is 1. The Morgan fingerprint density at radius 1 is 1.12 bits per heavy atom. The summed E-state index contributed by atoms with van der Waals surface area (Å²) in [6, 6.07) is 7.92. The Labute approximate surface area is 104 Å². The summed E-state index contributed by atoms with van der Waals surface area (Å²) in [6.45, 7) is 5.69. The molecule has 2 heteroatoms. The van der Waals surface area contributed by atoms with Gasteiger partial charge >= 0.3 is 0 Å². The molecule has 0 aromatic heterocycles. The van der Waals surface area contributed by atoms with Crippen LogP contribution < -0.4 is 5.32 Å². The Morgan fingerprint density at radius 3 is 2.41 bits per heavy atom. The molecule has 0 bridgehead atoms. The molecule has 0 unspecified atom stereocenters. The number of hydrogen-bond acceptors (Lipinski definition) is 2. The highest BCUT2D eigenvalue weighted by Gasteiger charge is 2.04. The van der Waals surface area contributed by atoms with Crippen LogP contribution in [0.3, 0.4) is 0 Å². The third-order valence-electron chi connectivity index (χ3n) is 2.93. The first kappa shape index (κ1) is 13.9. The van der Waals surface area contributed by atoms with E-state index in [-0.39, 0.29) is 5.78 Å². The van der Waals surface area contributed by atoms with Gasteiger partial charge in [0, 0.05) is 5.56 Å². The van der Waals surface area contributed by atoms with Crippen LogP contribution in [0.25, 0.3) is 0 Å². The Morgan fingerprint density at radius 2 is 1.82 bits per heavy atom. The quantitative estimate of drug-likeness (QED) is 0.552. The van der Waals surface area contributed by atoms with Crippen molar-refractivity contribution >= 4 is 5.78 Å². The lowest BCUT2D eigenvalue weighted by atomic mass is 10.1. The predicted molar refractivity (Wildman–Crippen MR) is 72.5 cm³/mol. The van der Waals surface area contributed by atoms with Gasteiger partial charge in [0.2, 0.25) is 0 Å². The number of nitrogens with one attached hydrogen (secondary N) is 1. The summed E-state index contributed by atoms with van der Waals surface area (Å²) in [6.07, 6.45) is 4.61. The van der Waals surface area contributed by atoms with Crippen LogP contribution in [-0.4, -0.2) is 18.9 Å². The lowest BCUT2D eigenvalue weighted by Crippen LogP contribution is -2.24. The van der Waals surface area contributed by atoms with Crippen molar-refractivity contribution < 1.29 is 4.79 Å². The van der Waals surface area contributed by atoms with E-state index in [0.717, 1.165) is 24.9 Å². The van der Waals surface area contributed by atoms with Crippen LogP contribution in [-0.2, 0) is 6.42 Å². The highest BCUT2D eigenvalue weighted by atomic mass is 16.1. The molecule has 0 aliphatic carbocycles. The summed E-state index contributed by atoms with van der Waals surface area (Å²) < 4.78 is 0. The van der Waals surface area contributed by atoms with Crippen molar-refractivity contribution in [1.29, 1.82) is 0 Å². The van der Waals surface area contributed by atoms with Gasteiger partial charge in [0.05, 0.1) is 6.54 Å². The number of rotatable bonds is 8. The molecule has 0 spiro atoms. The van der Waals surface area contributed by atoms with Crippen molar-refractivity contribution in [3.8, 4) is 0 Å². The summed E-state index contributed by atoms with van der Waals surface area (Å²) in [5.41, 5.74) is 2.09. The first-order valence-electron chi connectivity index (χ1n) is 6.60. The van der Waals surface area contributed by atoms with Gasteiger partial charge in [-0.1, -0.05) is 51.0 Å². The molecule has 1 N–H and O–H groups in total. The Kier molecular flexibility index (Phi) is 6.56. The largest absolute Gasteiger partial charge is 0.310 e. The third kappa shape index (κ3) is 5.14. The molecule has 94 valence electrons. The molecule has 0 aliphatic rings. The number of ketones is 1. The van der Waals surface area contributed by atoms with Crippen LogP contribution in [0.15, 0.2) is 24.3 Å². The molecule has 0 fully saturated rings. The monoisotopic (exact) mass is 233 g/mol. The lowest BCUT2D eigenvalue weighted by molar-refractivity contribution is 0.0991. The fourth-order valence-electron chi connectivity index (χ4n) is 1.73. The van der Waals surface area contributed by atoms with Gasteiger partial charge in [-0.25, -0.2) is 0 Å². The maximum absolute atomic E-state index is 11.8. The second-order valence-corrected chi connectivity index (χ2v) is 4.36. The first-order chi connectivity index (χ1) is 8.27. The number of carbonyl (C=O) groups is 1. The average molecular weight is 233 g/mol. The SMILES string of the molecule is CCCCCNCC(=O)c1ccc(CC)cc1. The van der Waals surface area contributed by atoms with E-state index >= 15 is 0 Å². The van der Waals surface area contributed by atoms with Crippen molar-refractivity contribution in [2.45, 2.75) is 39.5 Å². The molecule has 2 nitrogen and oxygen atoms in total. The Bertz CT molecular complexity index is 329. The van der Waals surface area contributed by atoms with Crippen LogP contribution in [0.2, 0.25) is 0 Å². The van der Waals surface area contributed by atoms with Gasteiger partial charge in [0.15, 0.2) is 5.78 Å². The molecule has 0 atom stereocenters. The third-order valence-corrected chi connectivity index (χ3v) is 2.93. The zero-order valence-corrected chi connectivity index (χ0v) is 11.0. The molecule has 17 heavy (non-hydrogen) atoms. The zero-order valence-electron chi connectivity index (χ0n) is 11.0. The van der Waals surface area contributed by atoms with Gasteiger partial charge in [0.25, 0.3) is 0 Å². The molecule has 1 aromatic carbocycles. The number of unbranched alkanes of at least 4 members (excludes halogenated alkanes) is 2.